The second-order valence-electron chi connectivity index (χ2n) is 8.74. The molecule has 0 aliphatic carbocycles. The summed E-state index contributed by atoms with van der Waals surface area (Å²) in [5.74, 6) is 0.506. The first kappa shape index (κ1) is 23.2. The Balaban J connectivity index is 1.19. The fraction of sp³-hybridized carbons (Fsp3) is 0.286. The van der Waals surface area contributed by atoms with E-state index >= 15 is 0 Å². The highest BCUT2D eigenvalue weighted by molar-refractivity contribution is 5.52. The topological polar surface area (TPSA) is 57.4 Å². The Morgan fingerprint density at radius 1 is 0.829 bits per heavy atom. The van der Waals surface area contributed by atoms with Gasteiger partial charge >= 0.3 is 0 Å². The molecule has 0 unspecified atom stereocenters. The van der Waals surface area contributed by atoms with Crippen LogP contribution in [0.25, 0.3) is 11.5 Å². The van der Waals surface area contributed by atoms with E-state index in [0.29, 0.717) is 23.9 Å². The van der Waals surface area contributed by atoms with Crippen LogP contribution in [-0.4, -0.2) is 54.4 Å². The number of nitrogens with one attached hydrogen (secondary N) is 1. The number of nitrogens with zero attached hydrogens (tertiary/aromatic N) is 4. The normalized spacial score (nSPS) is 15.3. The van der Waals surface area contributed by atoms with Crippen molar-refractivity contribution in [1.29, 1.82) is 0 Å². The van der Waals surface area contributed by atoms with E-state index in [4.69, 9.17) is 4.42 Å². The average molecular weight is 472 g/mol. The second kappa shape index (κ2) is 11.3. The van der Waals surface area contributed by atoms with Crippen molar-refractivity contribution in [2.24, 2.45) is 0 Å². The van der Waals surface area contributed by atoms with Crippen molar-refractivity contribution in [3.05, 3.63) is 102 Å². The molecule has 0 bridgehead atoms. The third kappa shape index (κ3) is 5.75. The number of anilines is 1. The maximum atomic E-state index is 14.7. The number of hydrogen-bond acceptors (Lipinski definition) is 6. The third-order valence-corrected chi connectivity index (χ3v) is 6.42. The summed E-state index contributed by atoms with van der Waals surface area (Å²) in [6.45, 7) is 5.82. The Morgan fingerprint density at radius 3 is 2.26 bits per heavy atom. The van der Waals surface area contributed by atoms with Crippen LogP contribution in [0.1, 0.15) is 23.9 Å². The van der Waals surface area contributed by atoms with Crippen LogP contribution < -0.4 is 10.2 Å². The number of hydrogen-bond donors (Lipinski definition) is 1. The molecule has 7 heteroatoms. The van der Waals surface area contributed by atoms with Crippen molar-refractivity contribution >= 4 is 5.69 Å². The van der Waals surface area contributed by atoms with Crippen LogP contribution in [0.4, 0.5) is 10.1 Å². The largest absolute Gasteiger partial charge is 0.419 e. The minimum Gasteiger partial charge on any atom is -0.419 e. The van der Waals surface area contributed by atoms with Gasteiger partial charge in [-0.1, -0.05) is 54.6 Å². The van der Waals surface area contributed by atoms with Crippen LogP contribution >= 0.6 is 0 Å². The molecule has 0 radical (unpaired) electrons. The number of aromatic nitrogens is 2. The van der Waals surface area contributed by atoms with Crippen LogP contribution in [0, 0.1) is 5.82 Å². The minimum absolute atomic E-state index is 0.290. The molecule has 1 atom stereocenters. The summed E-state index contributed by atoms with van der Waals surface area (Å²) < 4.78 is 20.7. The maximum Gasteiger partial charge on any atom is 0.247 e. The summed E-state index contributed by atoms with van der Waals surface area (Å²) in [6, 6.07) is 26.4. The monoisotopic (exact) mass is 471 g/mol. The molecular weight excluding hydrogens is 441 g/mol. The summed E-state index contributed by atoms with van der Waals surface area (Å²) in [5.41, 5.74) is 2.64. The molecule has 180 valence electrons. The van der Waals surface area contributed by atoms with E-state index in [1.165, 1.54) is 11.8 Å². The molecule has 0 spiro atoms. The Kier molecular flexibility index (Phi) is 7.46. The average Bonchev–Trinajstić information content (AvgIpc) is 3.41. The van der Waals surface area contributed by atoms with Gasteiger partial charge in [-0.15, -0.1) is 10.2 Å². The van der Waals surface area contributed by atoms with Crippen molar-refractivity contribution in [1.82, 2.24) is 20.4 Å². The number of benzene rings is 3. The zero-order valence-electron chi connectivity index (χ0n) is 19.7. The second-order valence-corrected chi connectivity index (χ2v) is 8.74. The van der Waals surface area contributed by atoms with Gasteiger partial charge in [0.1, 0.15) is 11.9 Å². The lowest BCUT2D eigenvalue weighted by atomic mass is 10.1. The molecule has 1 N–H and O–H groups in total. The molecule has 6 nitrogen and oxygen atoms in total. The van der Waals surface area contributed by atoms with Crippen LogP contribution in [0.3, 0.4) is 0 Å². The highest BCUT2D eigenvalue weighted by Crippen LogP contribution is 2.26. The Bertz CT molecular complexity index is 1190. The summed E-state index contributed by atoms with van der Waals surface area (Å²) in [4.78, 5) is 4.92. The van der Waals surface area contributed by atoms with Crippen molar-refractivity contribution in [3.63, 3.8) is 0 Å². The summed E-state index contributed by atoms with van der Waals surface area (Å²) in [6.07, 6.45) is 0.940. The van der Waals surface area contributed by atoms with E-state index in [0.717, 1.165) is 44.7 Å². The molecule has 35 heavy (non-hydrogen) atoms. The van der Waals surface area contributed by atoms with E-state index in [1.54, 1.807) is 12.1 Å². The third-order valence-electron chi connectivity index (χ3n) is 6.42. The first-order valence-corrected chi connectivity index (χ1v) is 12.2. The summed E-state index contributed by atoms with van der Waals surface area (Å²) >= 11 is 0. The number of piperazine rings is 1. The van der Waals surface area contributed by atoms with Gasteiger partial charge in [-0.25, -0.2) is 4.39 Å². The Hall–Kier alpha value is -3.55. The Morgan fingerprint density at radius 2 is 1.51 bits per heavy atom. The summed E-state index contributed by atoms with van der Waals surface area (Å²) in [7, 11) is 0. The van der Waals surface area contributed by atoms with Crippen LogP contribution in [0.2, 0.25) is 0 Å². The fourth-order valence-electron chi connectivity index (χ4n) is 4.51. The standard InChI is InChI=1S/C28H30FN5O/c29-25-15-8-7-14-24(25)26(28-32-31-27(35-28)22-10-3-1-4-11-22)30-16-9-17-33-18-20-34(21-19-33)23-12-5-2-6-13-23/h1-8,10-15,26,30H,9,16-21H2/t26-/m0/s1. The predicted molar refractivity (Wildman–Crippen MR) is 136 cm³/mol. The SMILES string of the molecule is Fc1ccccc1[C@H](NCCCN1CCN(c2ccccc2)CC1)c1nnc(-c2ccccc2)o1. The van der Waals surface area contributed by atoms with Crippen LogP contribution in [0.5, 0.6) is 0 Å². The maximum absolute atomic E-state index is 14.7. The predicted octanol–water partition coefficient (Wildman–Crippen LogP) is 4.77. The molecule has 0 saturated carbocycles. The molecule has 1 saturated heterocycles. The van der Waals surface area contributed by atoms with E-state index in [1.807, 2.05) is 36.4 Å². The van der Waals surface area contributed by atoms with E-state index in [2.05, 4.69) is 55.6 Å². The van der Waals surface area contributed by atoms with Crippen molar-refractivity contribution < 1.29 is 8.81 Å². The van der Waals surface area contributed by atoms with Crippen molar-refractivity contribution in [3.8, 4) is 11.5 Å². The first-order chi connectivity index (χ1) is 17.3. The highest BCUT2D eigenvalue weighted by atomic mass is 19.1. The molecule has 2 heterocycles. The lowest BCUT2D eigenvalue weighted by Crippen LogP contribution is -2.47. The van der Waals surface area contributed by atoms with Crippen LogP contribution in [-0.2, 0) is 0 Å². The molecule has 0 amide bonds. The van der Waals surface area contributed by atoms with Crippen molar-refractivity contribution in [2.45, 2.75) is 12.5 Å². The zero-order valence-corrected chi connectivity index (χ0v) is 19.7. The summed E-state index contributed by atoms with van der Waals surface area (Å²) in [5, 5.41) is 11.9. The number of halogens is 1. The van der Waals surface area contributed by atoms with E-state index in [-0.39, 0.29) is 5.82 Å². The van der Waals surface area contributed by atoms with Gasteiger partial charge in [0.15, 0.2) is 0 Å². The van der Waals surface area contributed by atoms with Gasteiger partial charge in [-0.3, -0.25) is 4.90 Å². The number of para-hydroxylation sites is 1. The van der Waals surface area contributed by atoms with Gasteiger partial charge in [-0.05, 0) is 49.8 Å². The zero-order chi connectivity index (χ0) is 23.9. The van der Waals surface area contributed by atoms with Crippen molar-refractivity contribution in [2.75, 3.05) is 44.2 Å². The van der Waals surface area contributed by atoms with Gasteiger partial charge in [0.25, 0.3) is 0 Å². The van der Waals surface area contributed by atoms with Gasteiger partial charge in [-0.2, -0.15) is 0 Å². The fourth-order valence-corrected chi connectivity index (χ4v) is 4.51. The molecular formula is C28H30FN5O. The number of rotatable bonds is 9. The van der Waals surface area contributed by atoms with Gasteiger partial charge in [0, 0.05) is 43.0 Å². The molecule has 1 aliphatic rings. The highest BCUT2D eigenvalue weighted by Gasteiger charge is 2.24. The quantitative estimate of drug-likeness (QED) is 0.355. The van der Waals surface area contributed by atoms with Gasteiger partial charge < -0.3 is 14.6 Å². The molecule has 4 aromatic rings. The molecule has 1 aromatic heterocycles. The van der Waals surface area contributed by atoms with Gasteiger partial charge in [0.2, 0.25) is 11.8 Å². The smallest absolute Gasteiger partial charge is 0.247 e. The molecule has 3 aromatic carbocycles. The van der Waals surface area contributed by atoms with E-state index in [9.17, 15) is 4.39 Å². The van der Waals surface area contributed by atoms with E-state index < -0.39 is 6.04 Å². The Labute approximate surface area is 205 Å². The minimum atomic E-state index is -0.504. The molecule has 1 aliphatic heterocycles. The van der Waals surface area contributed by atoms with Crippen LogP contribution in [0.15, 0.2) is 89.3 Å². The lowest BCUT2D eigenvalue weighted by molar-refractivity contribution is 0.252. The lowest BCUT2D eigenvalue weighted by Gasteiger charge is -2.36. The molecule has 5 rings (SSSR count). The molecule has 1 fully saturated rings. The van der Waals surface area contributed by atoms with Gasteiger partial charge in [0.05, 0.1) is 0 Å². The first-order valence-electron chi connectivity index (χ1n) is 12.2.